The predicted molar refractivity (Wildman–Crippen MR) is 39.3 cm³/mol. The highest BCUT2D eigenvalue weighted by Crippen LogP contribution is 2.03. The molecule has 0 aromatic rings. The zero-order chi connectivity index (χ0) is 9.72. The topological polar surface area (TPSA) is 121 Å². The van der Waals surface area contributed by atoms with Gasteiger partial charge in [-0.3, -0.25) is 0 Å². The Balaban J connectivity index is 0. The third-order valence-corrected chi connectivity index (χ3v) is 1.51. The maximum absolute atomic E-state index is 8.96. The Labute approximate surface area is 70.8 Å². The van der Waals surface area contributed by atoms with E-state index in [1.807, 2.05) is 0 Å². The molecular formula is C6H15O6+. The molecule has 6 nitrogen and oxygen atoms in total. The van der Waals surface area contributed by atoms with E-state index in [1.165, 1.54) is 0 Å². The van der Waals surface area contributed by atoms with Gasteiger partial charge in [-0.1, -0.05) is 0 Å². The lowest BCUT2D eigenvalue weighted by Gasteiger charge is -2.24. The van der Waals surface area contributed by atoms with E-state index < -0.39 is 37.6 Å². The molecule has 0 unspecified atom stereocenters. The summed E-state index contributed by atoms with van der Waals surface area (Å²) in [7, 11) is 0. The molecule has 0 radical (unpaired) electrons. The monoisotopic (exact) mass is 183 g/mol. The van der Waals surface area contributed by atoms with Gasteiger partial charge in [0, 0.05) is 0 Å². The summed E-state index contributed by atoms with van der Waals surface area (Å²) < 4.78 is 0. The van der Waals surface area contributed by atoms with Crippen molar-refractivity contribution < 1.29 is 32.1 Å². The largest absolute Gasteiger partial charge is 1.00 e. The van der Waals surface area contributed by atoms with E-state index >= 15 is 0 Å². The summed E-state index contributed by atoms with van der Waals surface area (Å²) in [6, 6.07) is 0. The summed E-state index contributed by atoms with van der Waals surface area (Å²) in [6.45, 7) is -1.45. The predicted octanol–water partition coefficient (Wildman–Crippen LogP) is -3.47. The highest BCUT2D eigenvalue weighted by Gasteiger charge is 2.29. The van der Waals surface area contributed by atoms with Crippen molar-refractivity contribution in [3.05, 3.63) is 0 Å². The number of aliphatic hydroxyl groups excluding tert-OH is 6. The third-order valence-electron chi connectivity index (χ3n) is 1.51. The molecular weight excluding hydrogens is 168 g/mol. The summed E-state index contributed by atoms with van der Waals surface area (Å²) >= 11 is 0. The zero-order valence-corrected chi connectivity index (χ0v) is 6.41. The van der Waals surface area contributed by atoms with Crippen molar-refractivity contribution in [2.75, 3.05) is 13.2 Å². The van der Waals surface area contributed by atoms with Crippen LogP contribution >= 0.6 is 0 Å². The van der Waals surface area contributed by atoms with Gasteiger partial charge in [0.2, 0.25) is 0 Å². The van der Waals surface area contributed by atoms with Crippen LogP contribution in [0.4, 0.5) is 0 Å². The first kappa shape index (κ1) is 11.8. The average molecular weight is 183 g/mol. The van der Waals surface area contributed by atoms with Gasteiger partial charge in [0.1, 0.15) is 24.4 Å². The van der Waals surface area contributed by atoms with E-state index in [-0.39, 0.29) is 1.43 Å². The molecule has 74 valence electrons. The molecule has 0 aliphatic carbocycles. The van der Waals surface area contributed by atoms with Crippen LogP contribution in [0.3, 0.4) is 0 Å². The number of hydrogen-bond donors (Lipinski definition) is 6. The minimum absolute atomic E-state index is 0. The Morgan fingerprint density at radius 1 is 0.750 bits per heavy atom. The zero-order valence-electron chi connectivity index (χ0n) is 7.41. The van der Waals surface area contributed by atoms with Crippen molar-refractivity contribution >= 4 is 0 Å². The van der Waals surface area contributed by atoms with Crippen LogP contribution in [0.2, 0.25) is 0 Å². The molecule has 4 atom stereocenters. The van der Waals surface area contributed by atoms with Crippen molar-refractivity contribution in [2.24, 2.45) is 0 Å². The molecule has 0 heterocycles. The Morgan fingerprint density at radius 2 is 1.00 bits per heavy atom. The molecule has 0 saturated carbocycles. The lowest BCUT2D eigenvalue weighted by atomic mass is 10.0. The van der Waals surface area contributed by atoms with Crippen LogP contribution < -0.4 is 0 Å². The highest BCUT2D eigenvalue weighted by molar-refractivity contribution is 4.79. The van der Waals surface area contributed by atoms with E-state index in [1.54, 1.807) is 0 Å². The van der Waals surface area contributed by atoms with Crippen molar-refractivity contribution in [3.63, 3.8) is 0 Å². The molecule has 0 aromatic carbocycles. The van der Waals surface area contributed by atoms with Crippen LogP contribution in [0.5, 0.6) is 0 Å². The van der Waals surface area contributed by atoms with Crippen LogP contribution in [0, 0.1) is 0 Å². The molecule has 0 aliphatic heterocycles. The van der Waals surface area contributed by atoms with Gasteiger partial charge in [0.05, 0.1) is 13.2 Å². The third kappa shape index (κ3) is 3.02. The smallest absolute Gasteiger partial charge is 0.394 e. The van der Waals surface area contributed by atoms with Crippen molar-refractivity contribution in [1.82, 2.24) is 0 Å². The first-order valence-electron chi connectivity index (χ1n) is 3.48. The molecule has 0 aliphatic rings. The Hall–Kier alpha value is -0.240. The van der Waals surface area contributed by atoms with Gasteiger partial charge in [-0.05, 0) is 0 Å². The fraction of sp³-hybridized carbons (Fsp3) is 1.00. The van der Waals surface area contributed by atoms with Gasteiger partial charge in [-0.2, -0.15) is 0 Å². The van der Waals surface area contributed by atoms with Crippen LogP contribution in [-0.4, -0.2) is 68.3 Å². The molecule has 0 rings (SSSR count). The average Bonchev–Trinajstić information content (AvgIpc) is 2.12. The minimum Gasteiger partial charge on any atom is -0.394 e. The summed E-state index contributed by atoms with van der Waals surface area (Å²) in [5.41, 5.74) is 0. The van der Waals surface area contributed by atoms with Gasteiger partial charge in [-0.25, -0.2) is 0 Å². The van der Waals surface area contributed by atoms with Crippen LogP contribution in [0.1, 0.15) is 1.43 Å². The van der Waals surface area contributed by atoms with Gasteiger partial charge < -0.3 is 30.6 Å². The first-order valence-corrected chi connectivity index (χ1v) is 3.48. The fourth-order valence-electron chi connectivity index (χ4n) is 0.671. The van der Waals surface area contributed by atoms with Crippen LogP contribution in [-0.2, 0) is 0 Å². The Bertz CT molecular complexity index is 110. The lowest BCUT2D eigenvalue weighted by molar-refractivity contribution is -0.123. The van der Waals surface area contributed by atoms with Gasteiger partial charge in [0.25, 0.3) is 0 Å². The summed E-state index contributed by atoms with van der Waals surface area (Å²) in [5, 5.41) is 52.2. The van der Waals surface area contributed by atoms with E-state index in [0.717, 1.165) is 0 Å². The van der Waals surface area contributed by atoms with Crippen molar-refractivity contribution in [1.29, 1.82) is 0 Å². The molecule has 0 spiro atoms. The molecule has 0 aromatic heterocycles. The van der Waals surface area contributed by atoms with Crippen LogP contribution in [0.15, 0.2) is 0 Å². The van der Waals surface area contributed by atoms with E-state index in [0.29, 0.717) is 0 Å². The lowest BCUT2D eigenvalue weighted by Crippen LogP contribution is -2.46. The molecule has 12 heavy (non-hydrogen) atoms. The molecule has 0 amide bonds. The summed E-state index contributed by atoms with van der Waals surface area (Å²) in [5.74, 6) is 0. The maximum Gasteiger partial charge on any atom is 1.00 e. The molecule has 0 bridgehead atoms. The van der Waals surface area contributed by atoms with Crippen LogP contribution in [0.25, 0.3) is 0 Å². The normalized spacial score (nSPS) is 21.5. The van der Waals surface area contributed by atoms with E-state index in [9.17, 15) is 0 Å². The quantitative estimate of drug-likeness (QED) is 0.263. The second-order valence-electron chi connectivity index (χ2n) is 2.48. The number of rotatable bonds is 5. The molecule has 6 heteroatoms. The Morgan fingerprint density at radius 3 is 1.17 bits per heavy atom. The van der Waals surface area contributed by atoms with Gasteiger partial charge >= 0.3 is 1.43 Å². The fourth-order valence-corrected chi connectivity index (χ4v) is 0.671. The van der Waals surface area contributed by atoms with E-state index in [2.05, 4.69) is 0 Å². The maximum atomic E-state index is 8.96. The SMILES string of the molecule is OC[C@@H](O)[C@@H](O)[C@H](O)[C@H](O)CO.[H+]. The van der Waals surface area contributed by atoms with E-state index in [4.69, 9.17) is 30.6 Å². The highest BCUT2D eigenvalue weighted by atomic mass is 16.4. The number of hydrogen-bond acceptors (Lipinski definition) is 6. The second-order valence-corrected chi connectivity index (χ2v) is 2.48. The molecule has 0 saturated heterocycles. The van der Waals surface area contributed by atoms with Crippen molar-refractivity contribution in [3.8, 4) is 0 Å². The van der Waals surface area contributed by atoms with Gasteiger partial charge in [0.15, 0.2) is 0 Å². The Kier molecular flexibility index (Phi) is 5.31. The minimum atomic E-state index is -1.67. The van der Waals surface area contributed by atoms with Gasteiger partial charge in [-0.15, -0.1) is 0 Å². The molecule has 6 N–H and O–H groups in total. The summed E-state index contributed by atoms with van der Waals surface area (Å²) in [6.07, 6.45) is -6.39. The standard InChI is InChI=1S/C6H14O6/c7-1-3(9)5(11)6(12)4(10)2-8/h3-12H,1-2H2/p+1/t3-,4-,5-,6-/m1/s1. The molecule has 0 fully saturated rings. The summed E-state index contributed by atoms with van der Waals surface area (Å²) in [4.78, 5) is 0. The first-order chi connectivity index (χ1) is 5.54. The van der Waals surface area contributed by atoms with Crippen molar-refractivity contribution in [2.45, 2.75) is 24.4 Å². The number of aliphatic hydroxyl groups is 6. The second kappa shape index (κ2) is 5.41.